The molecule has 1 rings (SSSR count). The number of alkyl halides is 2. The lowest BCUT2D eigenvalue weighted by atomic mass is 9.77. The van der Waals surface area contributed by atoms with Crippen LogP contribution < -0.4 is 0 Å². The molecular formula is C8H11Cl2O. The second-order valence-electron chi connectivity index (χ2n) is 3.36. The molecule has 0 bridgehead atoms. The van der Waals surface area contributed by atoms with E-state index < -0.39 is 4.33 Å². The molecule has 1 fully saturated rings. The van der Waals surface area contributed by atoms with Crippen molar-refractivity contribution in [2.75, 3.05) is 0 Å². The number of carbonyl (C=O) groups excluding carboxylic acids is 1. The van der Waals surface area contributed by atoms with Crippen LogP contribution in [-0.2, 0) is 4.79 Å². The molecule has 0 amide bonds. The molecule has 0 saturated heterocycles. The van der Waals surface area contributed by atoms with Crippen molar-refractivity contribution in [3.05, 3.63) is 5.92 Å². The van der Waals surface area contributed by atoms with Crippen LogP contribution in [0.3, 0.4) is 0 Å². The fourth-order valence-corrected chi connectivity index (χ4v) is 1.74. The minimum absolute atomic E-state index is 0.0351. The van der Waals surface area contributed by atoms with Gasteiger partial charge in [0.15, 0.2) is 10.1 Å². The van der Waals surface area contributed by atoms with Gasteiger partial charge in [-0.1, -0.05) is 37.0 Å². The molecule has 0 heterocycles. The van der Waals surface area contributed by atoms with E-state index in [0.717, 1.165) is 6.42 Å². The standard InChI is InChI=1S/C8H11Cl2O/c1-5(2)3-6-4-7(11)8(6,9)10/h6H,3-4H2,1-2H3. The topological polar surface area (TPSA) is 17.1 Å². The SMILES string of the molecule is C[C](C)CC1CC(=O)C1(Cl)Cl. The van der Waals surface area contributed by atoms with Crippen LogP contribution in [-0.4, -0.2) is 10.1 Å². The summed E-state index contributed by atoms with van der Waals surface area (Å²) >= 11 is 11.5. The lowest BCUT2D eigenvalue weighted by Gasteiger charge is -2.38. The molecule has 0 N–H and O–H groups in total. The minimum Gasteiger partial charge on any atom is -0.296 e. The third-order valence-electron chi connectivity index (χ3n) is 1.97. The van der Waals surface area contributed by atoms with Crippen molar-refractivity contribution in [1.82, 2.24) is 0 Å². The summed E-state index contributed by atoms with van der Waals surface area (Å²) in [6.45, 7) is 4.04. The number of hydrogen-bond donors (Lipinski definition) is 0. The number of Topliss-reactive ketones (excluding diaryl/α,β-unsaturated/α-hetero) is 1. The van der Waals surface area contributed by atoms with Gasteiger partial charge in [0.2, 0.25) is 0 Å². The fraction of sp³-hybridized carbons (Fsp3) is 0.750. The molecular weight excluding hydrogens is 183 g/mol. The number of carbonyl (C=O) groups is 1. The van der Waals surface area contributed by atoms with Gasteiger partial charge in [0, 0.05) is 12.3 Å². The molecule has 1 aliphatic rings. The van der Waals surface area contributed by atoms with Crippen molar-refractivity contribution in [2.45, 2.75) is 31.0 Å². The molecule has 0 aromatic rings. The summed E-state index contributed by atoms with van der Waals surface area (Å²) in [5.41, 5.74) is 0. The van der Waals surface area contributed by atoms with Crippen LogP contribution in [0, 0.1) is 11.8 Å². The molecule has 1 aliphatic carbocycles. The van der Waals surface area contributed by atoms with E-state index in [-0.39, 0.29) is 11.7 Å². The van der Waals surface area contributed by atoms with Gasteiger partial charge in [-0.3, -0.25) is 4.79 Å². The van der Waals surface area contributed by atoms with E-state index in [1.165, 1.54) is 5.92 Å². The largest absolute Gasteiger partial charge is 0.296 e. The highest BCUT2D eigenvalue weighted by Crippen LogP contribution is 2.47. The van der Waals surface area contributed by atoms with Crippen LogP contribution in [0.25, 0.3) is 0 Å². The first-order valence-corrected chi connectivity index (χ1v) is 4.40. The monoisotopic (exact) mass is 193 g/mol. The van der Waals surface area contributed by atoms with Gasteiger partial charge in [-0.2, -0.15) is 0 Å². The number of ketones is 1. The highest BCUT2D eigenvalue weighted by atomic mass is 35.5. The first-order chi connectivity index (χ1) is 4.94. The highest BCUT2D eigenvalue weighted by molar-refractivity contribution is 6.60. The van der Waals surface area contributed by atoms with Crippen LogP contribution in [0.1, 0.15) is 26.7 Å². The summed E-state index contributed by atoms with van der Waals surface area (Å²) < 4.78 is -1.09. The first-order valence-electron chi connectivity index (χ1n) is 3.64. The Kier molecular flexibility index (Phi) is 2.50. The normalized spacial score (nSPS) is 28.8. The second-order valence-corrected chi connectivity index (χ2v) is 4.74. The van der Waals surface area contributed by atoms with E-state index in [1.807, 2.05) is 13.8 Å². The van der Waals surface area contributed by atoms with Gasteiger partial charge in [-0.25, -0.2) is 0 Å². The zero-order valence-electron chi connectivity index (χ0n) is 6.66. The van der Waals surface area contributed by atoms with E-state index in [9.17, 15) is 4.79 Å². The average Bonchev–Trinajstić information content (AvgIpc) is 1.87. The van der Waals surface area contributed by atoms with Crippen LogP contribution in [0.2, 0.25) is 0 Å². The Hall–Kier alpha value is 0.250. The predicted octanol–water partition coefficient (Wildman–Crippen LogP) is 2.75. The van der Waals surface area contributed by atoms with Crippen LogP contribution in [0.4, 0.5) is 0 Å². The van der Waals surface area contributed by atoms with Crippen LogP contribution >= 0.6 is 23.2 Å². The molecule has 0 aliphatic heterocycles. The van der Waals surface area contributed by atoms with Gasteiger partial charge >= 0.3 is 0 Å². The van der Waals surface area contributed by atoms with Gasteiger partial charge in [0.25, 0.3) is 0 Å². The molecule has 63 valence electrons. The molecule has 11 heavy (non-hydrogen) atoms. The molecule has 0 spiro atoms. The first kappa shape index (κ1) is 9.34. The molecule has 1 unspecified atom stereocenters. The Labute approximate surface area is 77.1 Å². The van der Waals surface area contributed by atoms with E-state index >= 15 is 0 Å². The molecule has 0 aromatic carbocycles. The maximum atomic E-state index is 10.9. The van der Waals surface area contributed by atoms with Gasteiger partial charge in [-0.15, -0.1) is 0 Å². The quantitative estimate of drug-likeness (QED) is 0.617. The maximum absolute atomic E-state index is 10.9. The summed E-state index contributed by atoms with van der Waals surface area (Å²) in [6.07, 6.45) is 1.40. The molecule has 1 nitrogen and oxygen atoms in total. The minimum atomic E-state index is -1.09. The smallest absolute Gasteiger partial charge is 0.179 e. The third kappa shape index (κ3) is 1.70. The Morgan fingerprint density at radius 2 is 2.18 bits per heavy atom. The molecule has 1 radical (unpaired) electrons. The van der Waals surface area contributed by atoms with Gasteiger partial charge in [0.05, 0.1) is 0 Å². The molecule has 1 atom stereocenters. The molecule has 1 saturated carbocycles. The van der Waals surface area contributed by atoms with Crippen LogP contribution in [0.15, 0.2) is 0 Å². The van der Waals surface area contributed by atoms with Crippen molar-refractivity contribution in [1.29, 1.82) is 0 Å². The van der Waals surface area contributed by atoms with E-state index in [4.69, 9.17) is 23.2 Å². The summed E-state index contributed by atoms with van der Waals surface area (Å²) in [6, 6.07) is 0. The summed E-state index contributed by atoms with van der Waals surface area (Å²) in [7, 11) is 0. The highest BCUT2D eigenvalue weighted by Gasteiger charge is 2.52. The zero-order chi connectivity index (χ0) is 8.65. The van der Waals surface area contributed by atoms with E-state index in [0.29, 0.717) is 6.42 Å². The Bertz CT molecular complexity index is 175. The van der Waals surface area contributed by atoms with Crippen molar-refractivity contribution >= 4 is 29.0 Å². The summed E-state index contributed by atoms with van der Waals surface area (Å²) in [5.74, 6) is 1.38. The van der Waals surface area contributed by atoms with Crippen molar-refractivity contribution in [3.63, 3.8) is 0 Å². The van der Waals surface area contributed by atoms with Crippen LogP contribution in [0.5, 0.6) is 0 Å². The van der Waals surface area contributed by atoms with Gasteiger partial charge < -0.3 is 0 Å². The number of hydrogen-bond acceptors (Lipinski definition) is 1. The Morgan fingerprint density at radius 1 is 1.64 bits per heavy atom. The van der Waals surface area contributed by atoms with Crippen molar-refractivity contribution in [3.8, 4) is 0 Å². The number of halogens is 2. The molecule has 3 heteroatoms. The maximum Gasteiger partial charge on any atom is 0.179 e. The Morgan fingerprint density at radius 3 is 2.45 bits per heavy atom. The summed E-state index contributed by atoms with van der Waals surface area (Å²) in [5, 5.41) is 0. The lowest BCUT2D eigenvalue weighted by molar-refractivity contribution is -0.128. The Balaban J connectivity index is 2.46. The lowest BCUT2D eigenvalue weighted by Crippen LogP contribution is -2.47. The third-order valence-corrected chi connectivity index (χ3v) is 3.01. The fourth-order valence-electron chi connectivity index (χ4n) is 1.28. The predicted molar refractivity (Wildman–Crippen MR) is 46.8 cm³/mol. The van der Waals surface area contributed by atoms with Gasteiger partial charge in [-0.05, 0) is 12.3 Å². The van der Waals surface area contributed by atoms with Crippen molar-refractivity contribution < 1.29 is 4.79 Å². The second kappa shape index (κ2) is 2.95. The summed E-state index contributed by atoms with van der Waals surface area (Å²) in [4.78, 5) is 10.9. The van der Waals surface area contributed by atoms with Gasteiger partial charge in [0.1, 0.15) is 0 Å². The molecule has 0 aromatic heterocycles. The van der Waals surface area contributed by atoms with E-state index in [1.54, 1.807) is 0 Å². The number of rotatable bonds is 2. The zero-order valence-corrected chi connectivity index (χ0v) is 8.17. The van der Waals surface area contributed by atoms with E-state index in [2.05, 4.69) is 0 Å². The van der Waals surface area contributed by atoms with Crippen molar-refractivity contribution in [2.24, 2.45) is 5.92 Å². The average molecular weight is 194 g/mol.